The largest absolute Gasteiger partial charge is 0.381 e. The second kappa shape index (κ2) is 5.24. The van der Waals surface area contributed by atoms with Crippen LogP contribution in [0.5, 0.6) is 0 Å². The molecular weight excluding hydrogens is 274 g/mol. The van der Waals surface area contributed by atoms with Gasteiger partial charge in [-0.2, -0.15) is 0 Å². The van der Waals surface area contributed by atoms with Crippen LogP contribution in [-0.2, 0) is 6.54 Å². The fraction of sp³-hybridized carbons (Fsp3) is 0.125. The predicted molar refractivity (Wildman–Crippen MR) is 85.3 cm³/mol. The summed E-state index contributed by atoms with van der Waals surface area (Å²) in [5.74, 6) is 0. The molecule has 2 aromatic carbocycles. The molecule has 0 saturated heterocycles. The number of benzene rings is 2. The van der Waals surface area contributed by atoms with E-state index in [1.807, 2.05) is 18.2 Å². The second-order valence-electron chi connectivity index (χ2n) is 4.57. The Kier molecular flexibility index (Phi) is 3.45. The van der Waals surface area contributed by atoms with Gasteiger partial charge in [-0.3, -0.25) is 0 Å². The van der Waals surface area contributed by atoms with Crippen LogP contribution < -0.4 is 5.32 Å². The fourth-order valence-corrected chi connectivity index (χ4v) is 3.28. The minimum atomic E-state index is 0.767. The Balaban J connectivity index is 1.84. The van der Waals surface area contributed by atoms with E-state index in [4.69, 9.17) is 11.6 Å². The Morgan fingerprint density at radius 1 is 1.16 bits per heavy atom. The van der Waals surface area contributed by atoms with Gasteiger partial charge in [0.05, 0.1) is 0 Å². The van der Waals surface area contributed by atoms with Gasteiger partial charge in [-0.1, -0.05) is 35.9 Å². The van der Waals surface area contributed by atoms with E-state index in [1.165, 1.54) is 21.2 Å². The maximum absolute atomic E-state index is 6.03. The molecular formula is C16H14ClNS. The van der Waals surface area contributed by atoms with Crippen LogP contribution in [0.4, 0.5) is 5.69 Å². The van der Waals surface area contributed by atoms with Crippen LogP contribution in [0.3, 0.4) is 0 Å². The van der Waals surface area contributed by atoms with Gasteiger partial charge in [-0.05, 0) is 47.0 Å². The predicted octanol–water partition coefficient (Wildman–Crippen LogP) is 5.48. The summed E-state index contributed by atoms with van der Waals surface area (Å²) >= 11 is 7.82. The molecule has 1 nitrogen and oxygen atoms in total. The van der Waals surface area contributed by atoms with Crippen molar-refractivity contribution in [3.05, 3.63) is 64.0 Å². The molecule has 0 amide bonds. The fourth-order valence-electron chi connectivity index (χ4n) is 2.14. The van der Waals surface area contributed by atoms with Crippen LogP contribution in [0.25, 0.3) is 10.1 Å². The first-order chi connectivity index (χ1) is 9.24. The molecule has 0 radical (unpaired) electrons. The van der Waals surface area contributed by atoms with Gasteiger partial charge in [-0.15, -0.1) is 11.3 Å². The third-order valence-electron chi connectivity index (χ3n) is 3.23. The minimum absolute atomic E-state index is 0.767. The maximum Gasteiger partial charge on any atom is 0.0426 e. The van der Waals surface area contributed by atoms with Crippen LogP contribution in [0.1, 0.15) is 11.1 Å². The molecule has 0 unspecified atom stereocenters. The Hall–Kier alpha value is -1.51. The normalized spacial score (nSPS) is 10.8. The molecule has 0 atom stereocenters. The molecule has 0 spiro atoms. The first-order valence-electron chi connectivity index (χ1n) is 6.19. The Morgan fingerprint density at radius 2 is 2.00 bits per heavy atom. The van der Waals surface area contributed by atoms with Crippen molar-refractivity contribution in [2.45, 2.75) is 13.5 Å². The summed E-state index contributed by atoms with van der Waals surface area (Å²) in [4.78, 5) is 0. The average Bonchev–Trinajstić information content (AvgIpc) is 2.83. The number of fused-ring (bicyclic) bond motifs is 1. The molecule has 0 aliphatic rings. The summed E-state index contributed by atoms with van der Waals surface area (Å²) < 4.78 is 1.34. The molecule has 0 saturated carbocycles. The molecule has 3 rings (SSSR count). The van der Waals surface area contributed by atoms with Crippen LogP contribution in [0, 0.1) is 6.92 Å². The highest BCUT2D eigenvalue weighted by atomic mass is 35.5. The molecule has 1 heterocycles. The third kappa shape index (κ3) is 2.60. The molecule has 0 fully saturated rings. The second-order valence-corrected chi connectivity index (χ2v) is 5.92. The molecule has 1 aromatic heterocycles. The lowest BCUT2D eigenvalue weighted by atomic mass is 10.1. The lowest BCUT2D eigenvalue weighted by Gasteiger charge is -2.09. The maximum atomic E-state index is 6.03. The van der Waals surface area contributed by atoms with E-state index < -0.39 is 0 Å². The van der Waals surface area contributed by atoms with Gasteiger partial charge in [0.25, 0.3) is 0 Å². The van der Waals surface area contributed by atoms with E-state index in [2.05, 4.69) is 41.9 Å². The molecule has 0 aliphatic carbocycles. The van der Waals surface area contributed by atoms with E-state index in [0.29, 0.717) is 0 Å². The van der Waals surface area contributed by atoms with Crippen molar-refractivity contribution in [2.75, 3.05) is 5.32 Å². The smallest absolute Gasteiger partial charge is 0.0426 e. The van der Waals surface area contributed by atoms with Crippen molar-refractivity contribution in [1.82, 2.24) is 0 Å². The standard InChI is InChI=1S/C16H14ClNS/c1-11-6-7-13(17)8-15(11)18-9-12-10-19-16-5-3-2-4-14(12)16/h2-8,10,18H,9H2,1H3. The number of halogens is 1. The number of anilines is 1. The summed E-state index contributed by atoms with van der Waals surface area (Å²) in [7, 11) is 0. The van der Waals surface area contributed by atoms with E-state index in [1.54, 1.807) is 11.3 Å². The van der Waals surface area contributed by atoms with Crippen molar-refractivity contribution >= 4 is 38.7 Å². The average molecular weight is 288 g/mol. The van der Waals surface area contributed by atoms with E-state index in [0.717, 1.165) is 17.3 Å². The van der Waals surface area contributed by atoms with Crippen molar-refractivity contribution in [1.29, 1.82) is 0 Å². The van der Waals surface area contributed by atoms with Crippen LogP contribution >= 0.6 is 22.9 Å². The van der Waals surface area contributed by atoms with Crippen LogP contribution in [0.15, 0.2) is 47.8 Å². The van der Waals surface area contributed by atoms with Crippen LogP contribution in [-0.4, -0.2) is 0 Å². The number of aryl methyl sites for hydroxylation is 1. The van der Waals surface area contributed by atoms with Crippen molar-refractivity contribution in [2.24, 2.45) is 0 Å². The molecule has 1 N–H and O–H groups in total. The zero-order valence-electron chi connectivity index (χ0n) is 10.6. The number of hydrogen-bond acceptors (Lipinski definition) is 2. The number of nitrogens with one attached hydrogen (secondary N) is 1. The van der Waals surface area contributed by atoms with Gasteiger partial charge in [0.1, 0.15) is 0 Å². The van der Waals surface area contributed by atoms with Gasteiger partial charge < -0.3 is 5.32 Å². The monoisotopic (exact) mass is 287 g/mol. The highest BCUT2D eigenvalue weighted by Crippen LogP contribution is 2.27. The van der Waals surface area contributed by atoms with Gasteiger partial charge in [-0.25, -0.2) is 0 Å². The number of hydrogen-bond donors (Lipinski definition) is 1. The van der Waals surface area contributed by atoms with Gasteiger partial charge in [0.15, 0.2) is 0 Å². The highest BCUT2D eigenvalue weighted by Gasteiger charge is 2.04. The molecule has 19 heavy (non-hydrogen) atoms. The Labute approximate surface area is 121 Å². The van der Waals surface area contributed by atoms with E-state index in [9.17, 15) is 0 Å². The third-order valence-corrected chi connectivity index (χ3v) is 4.48. The van der Waals surface area contributed by atoms with E-state index in [-0.39, 0.29) is 0 Å². The zero-order valence-corrected chi connectivity index (χ0v) is 12.2. The summed E-state index contributed by atoms with van der Waals surface area (Å²) in [5, 5.41) is 7.79. The van der Waals surface area contributed by atoms with Crippen molar-refractivity contribution in [3.8, 4) is 0 Å². The van der Waals surface area contributed by atoms with Gasteiger partial charge >= 0.3 is 0 Å². The van der Waals surface area contributed by atoms with Gasteiger partial charge in [0.2, 0.25) is 0 Å². The lowest BCUT2D eigenvalue weighted by molar-refractivity contribution is 1.17. The number of thiophene rings is 1. The first-order valence-corrected chi connectivity index (χ1v) is 7.45. The molecule has 3 heteroatoms. The minimum Gasteiger partial charge on any atom is -0.381 e. The summed E-state index contributed by atoms with van der Waals surface area (Å²) in [6.45, 7) is 2.91. The van der Waals surface area contributed by atoms with E-state index >= 15 is 0 Å². The Bertz CT molecular complexity index is 718. The first kappa shape index (κ1) is 12.5. The SMILES string of the molecule is Cc1ccc(Cl)cc1NCc1csc2ccccc12. The van der Waals surface area contributed by atoms with Crippen LogP contribution in [0.2, 0.25) is 5.02 Å². The topological polar surface area (TPSA) is 12.0 Å². The quantitative estimate of drug-likeness (QED) is 0.673. The Morgan fingerprint density at radius 3 is 2.89 bits per heavy atom. The molecule has 3 aromatic rings. The molecule has 0 bridgehead atoms. The lowest BCUT2D eigenvalue weighted by Crippen LogP contribution is -2.00. The molecule has 96 valence electrons. The van der Waals surface area contributed by atoms with Crippen molar-refractivity contribution < 1.29 is 0 Å². The number of rotatable bonds is 3. The summed E-state index contributed by atoms with van der Waals surface area (Å²) in [6, 6.07) is 14.4. The highest BCUT2D eigenvalue weighted by molar-refractivity contribution is 7.17. The van der Waals surface area contributed by atoms with Gasteiger partial charge in [0, 0.05) is 22.0 Å². The zero-order chi connectivity index (χ0) is 13.2. The van der Waals surface area contributed by atoms with Crippen molar-refractivity contribution in [3.63, 3.8) is 0 Å². The molecule has 0 aliphatic heterocycles. The summed E-state index contributed by atoms with van der Waals surface area (Å²) in [5.41, 5.74) is 3.65. The summed E-state index contributed by atoms with van der Waals surface area (Å²) in [6.07, 6.45) is 0.